The maximum Gasteiger partial charge on any atom is 0.430 e. The zero-order valence-corrected chi connectivity index (χ0v) is 10.8. The van der Waals surface area contributed by atoms with Crippen LogP contribution in [0.1, 0.15) is 5.56 Å². The Labute approximate surface area is 115 Å². The molecule has 0 saturated heterocycles. The molecule has 0 fully saturated rings. The van der Waals surface area contributed by atoms with Crippen molar-refractivity contribution < 1.29 is 35.8 Å². The van der Waals surface area contributed by atoms with Gasteiger partial charge in [0.15, 0.2) is 0 Å². The van der Waals surface area contributed by atoms with Crippen molar-refractivity contribution in [1.29, 1.82) is 0 Å². The van der Waals surface area contributed by atoms with Gasteiger partial charge >= 0.3 is 12.4 Å². The SMILES string of the molecule is OC(c1ccc(Br)c(Cl)c1F)(C(F)(F)F)C(F)(F)F. The summed E-state index contributed by atoms with van der Waals surface area (Å²) in [5, 5.41) is 7.99. The average molecular weight is 375 g/mol. The molecule has 0 bridgehead atoms. The van der Waals surface area contributed by atoms with Crippen molar-refractivity contribution in [2.75, 3.05) is 0 Å². The van der Waals surface area contributed by atoms with E-state index in [9.17, 15) is 30.7 Å². The van der Waals surface area contributed by atoms with Crippen LogP contribution in [-0.2, 0) is 5.60 Å². The van der Waals surface area contributed by atoms with Gasteiger partial charge in [0, 0.05) is 10.0 Å². The topological polar surface area (TPSA) is 20.2 Å². The quantitative estimate of drug-likeness (QED) is 0.564. The number of hydrogen-bond donors (Lipinski definition) is 1. The molecule has 0 heterocycles. The number of aliphatic hydroxyl groups is 1. The lowest BCUT2D eigenvalue weighted by atomic mass is 9.92. The predicted molar refractivity (Wildman–Crippen MR) is 55.1 cm³/mol. The molecule has 108 valence electrons. The molecule has 1 aromatic rings. The Bertz CT molecular complexity index is 483. The highest BCUT2D eigenvalue weighted by molar-refractivity contribution is 9.10. The molecule has 1 rings (SSSR count). The second kappa shape index (κ2) is 4.78. The van der Waals surface area contributed by atoms with E-state index in [1.54, 1.807) is 0 Å². The van der Waals surface area contributed by atoms with Gasteiger partial charge in [-0.25, -0.2) is 4.39 Å². The summed E-state index contributed by atoms with van der Waals surface area (Å²) in [6, 6.07) is 0.829. The zero-order chi connectivity index (χ0) is 15.2. The van der Waals surface area contributed by atoms with Gasteiger partial charge in [0.1, 0.15) is 5.82 Å². The maximum absolute atomic E-state index is 13.5. The molecule has 0 spiro atoms. The Morgan fingerprint density at radius 2 is 1.42 bits per heavy atom. The molecule has 0 amide bonds. The molecule has 0 aliphatic rings. The van der Waals surface area contributed by atoms with Crippen LogP contribution in [0.5, 0.6) is 0 Å². The van der Waals surface area contributed by atoms with Crippen LogP contribution in [0.4, 0.5) is 30.7 Å². The molecule has 0 saturated carbocycles. The second-order valence-electron chi connectivity index (χ2n) is 3.43. The van der Waals surface area contributed by atoms with Gasteiger partial charge in [-0.3, -0.25) is 0 Å². The van der Waals surface area contributed by atoms with Crippen LogP contribution in [0.2, 0.25) is 5.02 Å². The van der Waals surface area contributed by atoms with E-state index in [4.69, 9.17) is 16.7 Å². The Morgan fingerprint density at radius 3 is 1.79 bits per heavy atom. The van der Waals surface area contributed by atoms with Gasteiger partial charge in [-0.15, -0.1) is 0 Å². The van der Waals surface area contributed by atoms with E-state index in [0.29, 0.717) is 6.07 Å². The van der Waals surface area contributed by atoms with Crippen LogP contribution in [0.3, 0.4) is 0 Å². The third-order valence-corrected chi connectivity index (χ3v) is 3.50. The Balaban J connectivity index is 3.67. The number of rotatable bonds is 1. The van der Waals surface area contributed by atoms with Crippen LogP contribution >= 0.6 is 27.5 Å². The molecule has 0 radical (unpaired) electrons. The molecule has 0 aliphatic heterocycles. The van der Waals surface area contributed by atoms with Crippen LogP contribution in [0.25, 0.3) is 0 Å². The van der Waals surface area contributed by atoms with E-state index >= 15 is 0 Å². The van der Waals surface area contributed by atoms with Gasteiger partial charge in [-0.1, -0.05) is 17.7 Å². The molecule has 0 aliphatic carbocycles. The molecule has 0 aromatic heterocycles. The fourth-order valence-electron chi connectivity index (χ4n) is 1.27. The molecule has 0 unspecified atom stereocenters. The summed E-state index contributed by atoms with van der Waals surface area (Å²) in [5.74, 6) is -2.01. The van der Waals surface area contributed by atoms with E-state index in [-0.39, 0.29) is 10.5 Å². The third-order valence-electron chi connectivity index (χ3n) is 2.25. The monoisotopic (exact) mass is 374 g/mol. The summed E-state index contributed by atoms with van der Waals surface area (Å²) < 4.78 is 88.3. The van der Waals surface area contributed by atoms with Crippen molar-refractivity contribution in [2.45, 2.75) is 18.0 Å². The van der Waals surface area contributed by atoms with Crippen LogP contribution in [0, 0.1) is 5.82 Å². The first-order chi connectivity index (χ1) is 8.34. The number of hydrogen-bond acceptors (Lipinski definition) is 1. The highest BCUT2D eigenvalue weighted by Gasteiger charge is 2.72. The summed E-state index contributed by atoms with van der Waals surface area (Å²) in [6.45, 7) is 0. The number of alkyl halides is 6. The average Bonchev–Trinajstić information content (AvgIpc) is 2.22. The van der Waals surface area contributed by atoms with Crippen molar-refractivity contribution in [3.63, 3.8) is 0 Å². The molecule has 1 N–H and O–H groups in total. The molecule has 10 heteroatoms. The molecule has 1 aromatic carbocycles. The second-order valence-corrected chi connectivity index (χ2v) is 4.66. The van der Waals surface area contributed by atoms with Crippen LogP contribution in [-0.4, -0.2) is 17.5 Å². The first kappa shape index (κ1) is 16.5. The van der Waals surface area contributed by atoms with Gasteiger partial charge in [-0.05, 0) is 22.0 Å². The maximum atomic E-state index is 13.5. The number of halogens is 9. The lowest BCUT2D eigenvalue weighted by molar-refractivity contribution is -0.377. The van der Waals surface area contributed by atoms with Crippen molar-refractivity contribution >= 4 is 27.5 Å². The zero-order valence-electron chi connectivity index (χ0n) is 8.50. The predicted octanol–water partition coefficient (Wildman–Crippen LogP) is 4.55. The summed E-state index contributed by atoms with van der Waals surface area (Å²) in [6.07, 6.45) is -12.3. The lowest BCUT2D eigenvalue weighted by Crippen LogP contribution is -2.54. The molecule has 19 heavy (non-hydrogen) atoms. The fourth-order valence-corrected chi connectivity index (χ4v) is 1.74. The molecule has 1 nitrogen and oxygen atoms in total. The minimum atomic E-state index is -6.16. The largest absolute Gasteiger partial charge is 0.430 e. The first-order valence-electron chi connectivity index (χ1n) is 4.34. The van der Waals surface area contributed by atoms with E-state index in [1.807, 2.05) is 0 Å². The highest BCUT2D eigenvalue weighted by Crippen LogP contribution is 2.51. The standard InChI is InChI=1S/C9H3BrClF7O/c10-4-2-1-3(6(12)5(4)11)7(19,8(13,14)15)9(16,17)18/h1-2,19H. The van der Waals surface area contributed by atoms with Crippen LogP contribution < -0.4 is 0 Å². The van der Waals surface area contributed by atoms with E-state index in [2.05, 4.69) is 15.9 Å². The molecule has 0 atom stereocenters. The van der Waals surface area contributed by atoms with Crippen molar-refractivity contribution in [3.8, 4) is 0 Å². The van der Waals surface area contributed by atoms with Gasteiger partial charge in [-0.2, -0.15) is 26.3 Å². The van der Waals surface area contributed by atoms with Crippen molar-refractivity contribution in [1.82, 2.24) is 0 Å². The van der Waals surface area contributed by atoms with E-state index < -0.39 is 34.4 Å². The van der Waals surface area contributed by atoms with Crippen molar-refractivity contribution in [3.05, 3.63) is 33.0 Å². The van der Waals surface area contributed by atoms with Gasteiger partial charge in [0.05, 0.1) is 5.02 Å². The lowest BCUT2D eigenvalue weighted by Gasteiger charge is -2.33. The molecular weight excluding hydrogens is 372 g/mol. The fraction of sp³-hybridized carbons (Fsp3) is 0.333. The highest BCUT2D eigenvalue weighted by atomic mass is 79.9. The van der Waals surface area contributed by atoms with Gasteiger partial charge < -0.3 is 5.11 Å². The van der Waals surface area contributed by atoms with Crippen molar-refractivity contribution in [2.24, 2.45) is 0 Å². The smallest absolute Gasteiger partial charge is 0.369 e. The number of benzene rings is 1. The van der Waals surface area contributed by atoms with E-state index in [0.717, 1.165) is 0 Å². The van der Waals surface area contributed by atoms with Crippen LogP contribution in [0.15, 0.2) is 16.6 Å². The third kappa shape index (κ3) is 2.55. The Kier molecular flexibility index (Phi) is 4.15. The van der Waals surface area contributed by atoms with Gasteiger partial charge in [0.2, 0.25) is 0 Å². The summed E-state index contributed by atoms with van der Waals surface area (Å²) in [5.41, 5.74) is -7.35. The summed E-state index contributed by atoms with van der Waals surface area (Å²) in [7, 11) is 0. The van der Waals surface area contributed by atoms with E-state index in [1.165, 1.54) is 0 Å². The minimum Gasteiger partial charge on any atom is -0.369 e. The first-order valence-corrected chi connectivity index (χ1v) is 5.51. The normalized spacial score (nSPS) is 13.8. The Morgan fingerprint density at radius 1 is 1.00 bits per heavy atom. The molecular formula is C9H3BrClF7O. The Hall–Kier alpha value is -0.540. The summed E-state index contributed by atoms with van der Waals surface area (Å²) in [4.78, 5) is 0. The van der Waals surface area contributed by atoms with Gasteiger partial charge in [0.25, 0.3) is 5.60 Å². The summed E-state index contributed by atoms with van der Waals surface area (Å²) >= 11 is 7.85. The minimum absolute atomic E-state index is 0.159.